The molecule has 0 atom stereocenters. The quantitative estimate of drug-likeness (QED) is 0.729. The van der Waals surface area contributed by atoms with Crippen molar-refractivity contribution >= 4 is 56.2 Å². The molecule has 0 aliphatic carbocycles. The molecule has 20 heavy (non-hydrogen) atoms. The number of ether oxygens (including phenoxy) is 2. The van der Waals surface area contributed by atoms with Crippen LogP contribution in [0, 0.1) is 0 Å². The third-order valence-corrected chi connectivity index (χ3v) is 5.39. The summed E-state index contributed by atoms with van der Waals surface area (Å²) in [6, 6.07) is 5.52. The summed E-state index contributed by atoms with van der Waals surface area (Å²) in [5.74, 6) is 1.26. The van der Waals surface area contributed by atoms with Crippen LogP contribution in [0.15, 0.2) is 22.7 Å². The van der Waals surface area contributed by atoms with Crippen LogP contribution in [0.5, 0.6) is 11.5 Å². The number of anilines is 1. The van der Waals surface area contributed by atoms with Gasteiger partial charge in [0.2, 0.25) is 0 Å². The topological polar surface area (TPSA) is 30.5 Å². The van der Waals surface area contributed by atoms with Crippen LogP contribution in [0.1, 0.15) is 4.88 Å². The zero-order valence-electron chi connectivity index (χ0n) is 10.8. The molecule has 1 N–H and O–H groups in total. The van der Waals surface area contributed by atoms with Crippen LogP contribution in [0.25, 0.3) is 0 Å². The Morgan fingerprint density at radius 3 is 2.40 bits per heavy atom. The highest BCUT2D eigenvalue weighted by atomic mass is 79.9. The van der Waals surface area contributed by atoms with Crippen molar-refractivity contribution in [2.24, 2.45) is 0 Å². The van der Waals surface area contributed by atoms with Gasteiger partial charge in [-0.05, 0) is 22.0 Å². The molecule has 0 bridgehead atoms. The predicted octanol–water partition coefficient (Wildman–Crippen LogP) is 5.45. The number of hydrogen-bond acceptors (Lipinski definition) is 4. The van der Waals surface area contributed by atoms with E-state index in [9.17, 15) is 0 Å². The van der Waals surface area contributed by atoms with Crippen molar-refractivity contribution in [1.82, 2.24) is 0 Å². The summed E-state index contributed by atoms with van der Waals surface area (Å²) in [6.07, 6.45) is 0. The third-order valence-electron chi connectivity index (χ3n) is 2.62. The maximum atomic E-state index is 6.07. The van der Waals surface area contributed by atoms with E-state index in [2.05, 4.69) is 21.2 Å². The molecule has 1 heterocycles. The normalized spacial score (nSPS) is 10.4. The number of nitrogens with one attached hydrogen (secondary N) is 1. The van der Waals surface area contributed by atoms with Crippen LogP contribution in [-0.2, 0) is 6.54 Å². The van der Waals surface area contributed by atoms with Crippen molar-refractivity contribution < 1.29 is 9.47 Å². The SMILES string of the molecule is COc1cc(NCc2cc(Br)c(Cl)s2)c(OC)cc1Cl. The van der Waals surface area contributed by atoms with E-state index >= 15 is 0 Å². The molecule has 1 aromatic carbocycles. The van der Waals surface area contributed by atoms with Gasteiger partial charge in [-0.3, -0.25) is 0 Å². The Morgan fingerprint density at radius 2 is 1.85 bits per heavy atom. The second-order valence-electron chi connectivity index (χ2n) is 3.87. The molecule has 0 fully saturated rings. The molecule has 0 radical (unpaired) electrons. The maximum Gasteiger partial charge on any atom is 0.143 e. The Labute approximate surface area is 139 Å². The molecule has 7 heteroatoms. The lowest BCUT2D eigenvalue weighted by Gasteiger charge is -2.13. The van der Waals surface area contributed by atoms with Crippen molar-refractivity contribution in [2.75, 3.05) is 19.5 Å². The molecule has 1 aromatic heterocycles. The molecule has 3 nitrogen and oxygen atoms in total. The molecule has 0 saturated carbocycles. The van der Waals surface area contributed by atoms with E-state index in [0.717, 1.165) is 19.4 Å². The molecular formula is C13H12BrCl2NO2S. The van der Waals surface area contributed by atoms with E-state index in [0.29, 0.717) is 23.1 Å². The van der Waals surface area contributed by atoms with Gasteiger partial charge in [-0.25, -0.2) is 0 Å². The molecule has 2 rings (SSSR count). The van der Waals surface area contributed by atoms with Crippen molar-refractivity contribution in [3.8, 4) is 11.5 Å². The summed E-state index contributed by atoms with van der Waals surface area (Å²) in [5.41, 5.74) is 0.814. The van der Waals surface area contributed by atoms with E-state index in [1.807, 2.05) is 12.1 Å². The number of methoxy groups -OCH3 is 2. The highest BCUT2D eigenvalue weighted by Crippen LogP contribution is 2.37. The second-order valence-corrected chi connectivity index (χ2v) is 6.88. The molecule has 0 saturated heterocycles. The van der Waals surface area contributed by atoms with Gasteiger partial charge in [0.15, 0.2) is 0 Å². The number of hydrogen-bond donors (Lipinski definition) is 1. The fraction of sp³-hybridized carbons (Fsp3) is 0.231. The lowest BCUT2D eigenvalue weighted by atomic mass is 10.2. The minimum Gasteiger partial charge on any atom is -0.495 e. The van der Waals surface area contributed by atoms with Gasteiger partial charge in [-0.1, -0.05) is 23.2 Å². The first kappa shape index (κ1) is 15.8. The average Bonchev–Trinajstić information content (AvgIpc) is 2.76. The van der Waals surface area contributed by atoms with Crippen LogP contribution in [-0.4, -0.2) is 14.2 Å². The van der Waals surface area contributed by atoms with Gasteiger partial charge in [0, 0.05) is 28.0 Å². The average molecular weight is 397 g/mol. The lowest BCUT2D eigenvalue weighted by Crippen LogP contribution is -2.00. The molecule has 0 aliphatic rings. The van der Waals surface area contributed by atoms with Gasteiger partial charge in [0.25, 0.3) is 0 Å². The Bertz CT molecular complexity index is 599. The van der Waals surface area contributed by atoms with Crippen LogP contribution < -0.4 is 14.8 Å². The second kappa shape index (κ2) is 6.89. The Kier molecular flexibility index (Phi) is 5.43. The number of thiophene rings is 1. The summed E-state index contributed by atoms with van der Waals surface area (Å²) in [5, 5.41) is 3.80. The zero-order chi connectivity index (χ0) is 14.7. The van der Waals surface area contributed by atoms with E-state index < -0.39 is 0 Å². The highest BCUT2D eigenvalue weighted by molar-refractivity contribution is 9.10. The van der Waals surface area contributed by atoms with E-state index in [4.69, 9.17) is 32.7 Å². The summed E-state index contributed by atoms with van der Waals surface area (Å²) in [4.78, 5) is 1.11. The Hall–Kier alpha value is -0.620. The number of halogens is 3. The Balaban J connectivity index is 2.19. The van der Waals surface area contributed by atoms with E-state index in [1.54, 1.807) is 20.3 Å². The standard InChI is InChI=1S/C13H12BrCl2NO2S/c1-18-11-5-10(12(19-2)4-9(11)15)17-6-7-3-8(14)13(16)20-7/h3-5,17H,6H2,1-2H3. The van der Waals surface area contributed by atoms with Gasteiger partial charge in [0.1, 0.15) is 15.8 Å². The first-order chi connectivity index (χ1) is 9.55. The summed E-state index contributed by atoms with van der Waals surface area (Å²) in [6.45, 7) is 0.636. The minimum atomic E-state index is 0.511. The number of rotatable bonds is 5. The lowest BCUT2D eigenvalue weighted by molar-refractivity contribution is 0.404. The largest absolute Gasteiger partial charge is 0.495 e. The van der Waals surface area contributed by atoms with Gasteiger partial charge in [0.05, 0.1) is 24.9 Å². The molecule has 0 unspecified atom stereocenters. The fourth-order valence-electron chi connectivity index (χ4n) is 1.66. The molecule has 0 amide bonds. The molecule has 0 spiro atoms. The van der Waals surface area contributed by atoms with E-state index in [-0.39, 0.29) is 0 Å². The fourth-order valence-corrected chi connectivity index (χ4v) is 3.62. The Morgan fingerprint density at radius 1 is 1.15 bits per heavy atom. The van der Waals surface area contributed by atoms with Crippen molar-refractivity contribution in [3.05, 3.63) is 36.9 Å². The van der Waals surface area contributed by atoms with E-state index in [1.165, 1.54) is 11.3 Å². The molecule has 108 valence electrons. The summed E-state index contributed by atoms with van der Waals surface area (Å²) >= 11 is 17.0. The van der Waals surface area contributed by atoms with Gasteiger partial charge < -0.3 is 14.8 Å². The third kappa shape index (κ3) is 3.52. The van der Waals surface area contributed by atoms with Crippen molar-refractivity contribution in [2.45, 2.75) is 6.54 Å². The van der Waals surface area contributed by atoms with Crippen molar-refractivity contribution in [1.29, 1.82) is 0 Å². The van der Waals surface area contributed by atoms with Gasteiger partial charge in [-0.15, -0.1) is 11.3 Å². The zero-order valence-corrected chi connectivity index (χ0v) is 14.7. The van der Waals surface area contributed by atoms with Crippen LogP contribution in [0.3, 0.4) is 0 Å². The molecule has 0 aliphatic heterocycles. The highest BCUT2D eigenvalue weighted by Gasteiger charge is 2.11. The first-order valence-corrected chi connectivity index (χ1v) is 8.00. The summed E-state index contributed by atoms with van der Waals surface area (Å²) < 4.78 is 12.2. The minimum absolute atomic E-state index is 0.511. The van der Waals surface area contributed by atoms with Crippen LogP contribution in [0.4, 0.5) is 5.69 Å². The first-order valence-electron chi connectivity index (χ1n) is 5.64. The van der Waals surface area contributed by atoms with Gasteiger partial charge >= 0.3 is 0 Å². The molecule has 2 aromatic rings. The number of benzene rings is 1. The predicted molar refractivity (Wildman–Crippen MR) is 88.9 cm³/mol. The summed E-state index contributed by atoms with van der Waals surface area (Å²) in [7, 11) is 3.18. The monoisotopic (exact) mass is 395 g/mol. The molecular weight excluding hydrogens is 385 g/mol. The van der Waals surface area contributed by atoms with Crippen LogP contribution >= 0.6 is 50.5 Å². The van der Waals surface area contributed by atoms with Gasteiger partial charge in [-0.2, -0.15) is 0 Å². The maximum absolute atomic E-state index is 6.07. The smallest absolute Gasteiger partial charge is 0.143 e. The van der Waals surface area contributed by atoms with Crippen molar-refractivity contribution in [3.63, 3.8) is 0 Å². The van der Waals surface area contributed by atoms with Crippen LogP contribution in [0.2, 0.25) is 9.36 Å².